The lowest BCUT2D eigenvalue weighted by atomic mass is 9.88. The first kappa shape index (κ1) is 23.8. The van der Waals surface area contributed by atoms with E-state index in [1.165, 1.54) is 6.42 Å². The number of hydrogen-bond donors (Lipinski definition) is 1. The van der Waals surface area contributed by atoms with Gasteiger partial charge in [0.1, 0.15) is 5.71 Å². The number of amides is 1. The summed E-state index contributed by atoms with van der Waals surface area (Å²) < 4.78 is 0. The lowest BCUT2D eigenvalue weighted by molar-refractivity contribution is -0.152. The van der Waals surface area contributed by atoms with Crippen molar-refractivity contribution in [3.05, 3.63) is 29.8 Å². The van der Waals surface area contributed by atoms with Crippen LogP contribution < -0.4 is 5.32 Å². The summed E-state index contributed by atoms with van der Waals surface area (Å²) in [5.41, 5.74) is 0.662. The summed E-state index contributed by atoms with van der Waals surface area (Å²) >= 11 is 0. The van der Waals surface area contributed by atoms with Gasteiger partial charge in [-0.2, -0.15) is 0 Å². The van der Waals surface area contributed by atoms with Crippen LogP contribution in [-0.2, 0) is 14.4 Å². The molecule has 1 aromatic carbocycles. The molecule has 1 aliphatic rings. The predicted molar refractivity (Wildman–Crippen MR) is 118 cm³/mol. The van der Waals surface area contributed by atoms with Gasteiger partial charge in [-0.15, -0.1) is 0 Å². The van der Waals surface area contributed by atoms with Crippen molar-refractivity contribution in [2.45, 2.75) is 79.1 Å². The van der Waals surface area contributed by atoms with Crippen molar-refractivity contribution in [2.75, 3.05) is 5.32 Å². The zero-order chi connectivity index (χ0) is 22.1. The highest BCUT2D eigenvalue weighted by Crippen LogP contribution is 2.25. The van der Waals surface area contributed by atoms with E-state index in [0.29, 0.717) is 17.7 Å². The number of benzene rings is 1. The molecular formula is C24H34N2O4. The summed E-state index contributed by atoms with van der Waals surface area (Å²) in [6.45, 7) is 7.23. The number of oxime groups is 1. The van der Waals surface area contributed by atoms with E-state index in [2.05, 4.69) is 10.5 Å². The summed E-state index contributed by atoms with van der Waals surface area (Å²) in [6.07, 6.45) is 7.38. The maximum Gasteiger partial charge on any atom is 0.340 e. The highest BCUT2D eigenvalue weighted by molar-refractivity contribution is 6.45. The molecule has 0 radical (unpaired) electrons. The molecular weight excluding hydrogens is 380 g/mol. The van der Waals surface area contributed by atoms with Gasteiger partial charge in [-0.1, -0.05) is 37.8 Å². The van der Waals surface area contributed by atoms with Gasteiger partial charge < -0.3 is 10.2 Å². The zero-order valence-electron chi connectivity index (χ0n) is 18.6. The average molecular weight is 415 g/mol. The molecule has 0 unspecified atom stereocenters. The average Bonchev–Trinajstić information content (AvgIpc) is 2.73. The monoisotopic (exact) mass is 414 g/mol. The SMILES string of the molecule is CCCC/C(=N\OC(=O)C(C)(C)C)C(=O)c1ccc(NC(=O)C2CCCCC2)cc1. The van der Waals surface area contributed by atoms with Crippen LogP contribution >= 0.6 is 0 Å². The lowest BCUT2D eigenvalue weighted by Gasteiger charge is -2.20. The van der Waals surface area contributed by atoms with Crippen LogP contribution in [-0.4, -0.2) is 23.4 Å². The predicted octanol–water partition coefficient (Wildman–Crippen LogP) is 5.52. The Labute approximate surface area is 179 Å². The van der Waals surface area contributed by atoms with Gasteiger partial charge in [0.2, 0.25) is 11.7 Å². The molecule has 0 bridgehead atoms. The van der Waals surface area contributed by atoms with E-state index in [-0.39, 0.29) is 23.3 Å². The van der Waals surface area contributed by atoms with Gasteiger partial charge in [-0.25, -0.2) is 4.79 Å². The van der Waals surface area contributed by atoms with Gasteiger partial charge in [0.15, 0.2) is 0 Å². The van der Waals surface area contributed by atoms with Gasteiger partial charge in [-0.05, 0) is 70.7 Å². The highest BCUT2D eigenvalue weighted by atomic mass is 16.7. The Bertz CT molecular complexity index is 769. The number of nitrogens with one attached hydrogen (secondary N) is 1. The lowest BCUT2D eigenvalue weighted by Crippen LogP contribution is -2.24. The number of rotatable bonds is 8. The summed E-state index contributed by atoms with van der Waals surface area (Å²) in [6, 6.07) is 6.80. The smallest absolute Gasteiger partial charge is 0.326 e. The van der Waals surface area contributed by atoms with Crippen molar-refractivity contribution in [3.8, 4) is 0 Å². The summed E-state index contributed by atoms with van der Waals surface area (Å²) in [4.78, 5) is 42.3. The van der Waals surface area contributed by atoms with E-state index in [4.69, 9.17) is 4.84 Å². The van der Waals surface area contributed by atoms with E-state index in [1.54, 1.807) is 45.0 Å². The fourth-order valence-electron chi connectivity index (χ4n) is 3.26. The van der Waals surface area contributed by atoms with Gasteiger partial charge in [0, 0.05) is 17.2 Å². The molecule has 0 atom stereocenters. The van der Waals surface area contributed by atoms with Crippen molar-refractivity contribution in [2.24, 2.45) is 16.5 Å². The number of ketones is 1. The van der Waals surface area contributed by atoms with Crippen LogP contribution in [0.1, 0.15) is 89.4 Å². The molecule has 1 saturated carbocycles. The Balaban J connectivity index is 2.06. The van der Waals surface area contributed by atoms with Crippen molar-refractivity contribution in [1.82, 2.24) is 0 Å². The standard InChI is InChI=1S/C24H34N2O4/c1-5-6-12-20(26-30-23(29)24(2,3)4)21(27)17-13-15-19(16-14-17)25-22(28)18-10-8-7-9-11-18/h13-16,18H,5-12H2,1-4H3,(H,25,28)/b26-20+. The van der Waals surface area contributed by atoms with Crippen LogP contribution in [0.15, 0.2) is 29.4 Å². The second kappa shape index (κ2) is 11.0. The first-order valence-electron chi connectivity index (χ1n) is 11.0. The molecule has 0 heterocycles. The number of carbonyl (C=O) groups is 3. The molecule has 2 rings (SSSR count). The van der Waals surface area contributed by atoms with Gasteiger partial charge in [0.05, 0.1) is 5.41 Å². The number of Topliss-reactive ketones (excluding diaryl/α,β-unsaturated/α-hetero) is 1. The third-order valence-electron chi connectivity index (χ3n) is 5.27. The number of anilines is 1. The molecule has 0 saturated heterocycles. The van der Waals surface area contributed by atoms with Gasteiger partial charge in [0.25, 0.3) is 0 Å². The largest absolute Gasteiger partial charge is 0.340 e. The Morgan fingerprint density at radius 1 is 1.07 bits per heavy atom. The van der Waals surface area contributed by atoms with Crippen LogP contribution in [0.2, 0.25) is 0 Å². The fourth-order valence-corrected chi connectivity index (χ4v) is 3.26. The Morgan fingerprint density at radius 3 is 2.27 bits per heavy atom. The number of nitrogens with zero attached hydrogens (tertiary/aromatic N) is 1. The van der Waals surface area contributed by atoms with E-state index < -0.39 is 11.4 Å². The minimum absolute atomic E-state index is 0.0491. The van der Waals surface area contributed by atoms with Crippen molar-refractivity contribution < 1.29 is 19.2 Å². The van der Waals surface area contributed by atoms with Crippen LogP contribution in [0.25, 0.3) is 0 Å². The maximum absolute atomic E-state index is 12.9. The minimum Gasteiger partial charge on any atom is -0.326 e. The second-order valence-electron chi connectivity index (χ2n) is 9.00. The zero-order valence-corrected chi connectivity index (χ0v) is 18.6. The molecule has 6 heteroatoms. The topological polar surface area (TPSA) is 84.8 Å². The Kier molecular flexibility index (Phi) is 8.75. The molecule has 0 aliphatic heterocycles. The summed E-state index contributed by atoms with van der Waals surface area (Å²) in [5.74, 6) is -0.626. The Hall–Kier alpha value is -2.50. The van der Waals surface area contributed by atoms with Gasteiger partial charge >= 0.3 is 5.97 Å². The van der Waals surface area contributed by atoms with E-state index in [0.717, 1.165) is 38.5 Å². The molecule has 1 N–H and O–H groups in total. The summed E-state index contributed by atoms with van der Waals surface area (Å²) in [7, 11) is 0. The van der Waals surface area contributed by atoms with Crippen LogP contribution in [0, 0.1) is 11.3 Å². The van der Waals surface area contributed by atoms with Gasteiger partial charge in [-0.3, -0.25) is 9.59 Å². The minimum atomic E-state index is -0.694. The van der Waals surface area contributed by atoms with Crippen molar-refractivity contribution >= 4 is 29.1 Å². The molecule has 1 amide bonds. The number of hydrogen-bond acceptors (Lipinski definition) is 5. The van der Waals surface area contributed by atoms with E-state index >= 15 is 0 Å². The summed E-state index contributed by atoms with van der Waals surface area (Å²) in [5, 5.41) is 6.83. The molecule has 1 aromatic rings. The van der Waals surface area contributed by atoms with E-state index in [1.807, 2.05) is 6.92 Å². The molecule has 0 aromatic heterocycles. The molecule has 1 aliphatic carbocycles. The molecule has 6 nitrogen and oxygen atoms in total. The van der Waals surface area contributed by atoms with Crippen molar-refractivity contribution in [1.29, 1.82) is 0 Å². The van der Waals surface area contributed by atoms with Crippen LogP contribution in [0.4, 0.5) is 5.69 Å². The van der Waals surface area contributed by atoms with Crippen LogP contribution in [0.3, 0.4) is 0 Å². The normalized spacial score (nSPS) is 15.5. The maximum atomic E-state index is 12.9. The first-order chi connectivity index (χ1) is 14.2. The van der Waals surface area contributed by atoms with Crippen LogP contribution in [0.5, 0.6) is 0 Å². The third kappa shape index (κ3) is 7.08. The van der Waals surface area contributed by atoms with E-state index in [9.17, 15) is 14.4 Å². The fraction of sp³-hybridized carbons (Fsp3) is 0.583. The second-order valence-corrected chi connectivity index (χ2v) is 9.00. The molecule has 1 fully saturated rings. The quantitative estimate of drug-likeness (QED) is 0.262. The molecule has 30 heavy (non-hydrogen) atoms. The highest BCUT2D eigenvalue weighted by Gasteiger charge is 2.25. The molecule has 164 valence electrons. The third-order valence-corrected chi connectivity index (χ3v) is 5.27. The van der Waals surface area contributed by atoms with Crippen molar-refractivity contribution in [3.63, 3.8) is 0 Å². The first-order valence-corrected chi connectivity index (χ1v) is 11.0. The number of unbranched alkanes of at least 4 members (excludes halogenated alkanes) is 1. The Morgan fingerprint density at radius 2 is 1.70 bits per heavy atom. The molecule has 0 spiro atoms. The number of carbonyl (C=O) groups excluding carboxylic acids is 3.